The highest BCUT2D eigenvalue weighted by atomic mass is 32.2. The van der Waals surface area contributed by atoms with Gasteiger partial charge in [0.15, 0.2) is 0 Å². The smallest absolute Gasteiger partial charge is 0.282 e. The Hall–Kier alpha value is -0.870. The first-order chi connectivity index (χ1) is 7.50. The molecule has 0 spiro atoms. The van der Waals surface area contributed by atoms with Gasteiger partial charge in [0.1, 0.15) is 0 Å². The van der Waals surface area contributed by atoms with Gasteiger partial charge in [-0.15, -0.1) is 0 Å². The van der Waals surface area contributed by atoms with E-state index >= 15 is 0 Å². The molecule has 90 valence electrons. The number of hydrogen-bond acceptors (Lipinski definition) is 2. The van der Waals surface area contributed by atoms with E-state index in [-0.39, 0.29) is 4.90 Å². The summed E-state index contributed by atoms with van der Waals surface area (Å²) in [7, 11) is -4.10. The first-order valence-corrected chi connectivity index (χ1v) is 7.03. The lowest BCUT2D eigenvalue weighted by atomic mass is 10.00. The van der Waals surface area contributed by atoms with Crippen molar-refractivity contribution in [3.63, 3.8) is 0 Å². The average molecular weight is 242 g/mol. The summed E-state index contributed by atoms with van der Waals surface area (Å²) < 4.78 is 31.6. The molecular weight excluding hydrogens is 224 g/mol. The van der Waals surface area contributed by atoms with Crippen molar-refractivity contribution in [3.8, 4) is 0 Å². The number of rotatable bonds is 5. The van der Waals surface area contributed by atoms with E-state index in [4.69, 9.17) is 4.55 Å². The van der Waals surface area contributed by atoms with Gasteiger partial charge >= 0.3 is 0 Å². The van der Waals surface area contributed by atoms with Crippen molar-refractivity contribution >= 4 is 10.1 Å². The van der Waals surface area contributed by atoms with E-state index in [1.807, 2.05) is 13.0 Å². The molecule has 1 rings (SSSR count). The number of aryl methyl sites for hydroxylation is 1. The van der Waals surface area contributed by atoms with Gasteiger partial charge in [0.05, 0.1) is 4.90 Å². The molecule has 0 amide bonds. The standard InChI is InChI=1S/C12H18O3S/c1-3-6-10-8-5-9-12(16(13,14)15)11(10)7-4-2/h5,8-9H,3-4,6-7H2,1-2H3,(H,13,14,15). The fraction of sp³-hybridized carbons (Fsp3) is 0.500. The first-order valence-electron chi connectivity index (χ1n) is 5.59. The predicted octanol–water partition coefficient (Wildman–Crippen LogP) is 2.84. The summed E-state index contributed by atoms with van der Waals surface area (Å²) in [6.07, 6.45) is 3.36. The van der Waals surface area contributed by atoms with Gasteiger partial charge in [-0.25, -0.2) is 0 Å². The zero-order valence-electron chi connectivity index (χ0n) is 9.73. The Labute approximate surface area is 97.2 Å². The van der Waals surface area contributed by atoms with E-state index in [1.165, 1.54) is 6.07 Å². The van der Waals surface area contributed by atoms with Crippen molar-refractivity contribution < 1.29 is 13.0 Å². The van der Waals surface area contributed by atoms with E-state index in [0.717, 1.165) is 30.4 Å². The van der Waals surface area contributed by atoms with Crippen LogP contribution >= 0.6 is 0 Å². The second-order valence-corrected chi connectivity index (χ2v) is 5.26. The molecule has 4 heteroatoms. The van der Waals surface area contributed by atoms with Crippen molar-refractivity contribution in [2.75, 3.05) is 0 Å². The van der Waals surface area contributed by atoms with Gasteiger partial charge < -0.3 is 0 Å². The quantitative estimate of drug-likeness (QED) is 0.808. The van der Waals surface area contributed by atoms with Gasteiger partial charge in [-0.2, -0.15) is 8.42 Å². The van der Waals surface area contributed by atoms with Crippen LogP contribution < -0.4 is 0 Å². The fourth-order valence-electron chi connectivity index (χ4n) is 1.89. The lowest BCUT2D eigenvalue weighted by Crippen LogP contribution is -2.06. The van der Waals surface area contributed by atoms with Crippen LogP contribution in [0.15, 0.2) is 23.1 Å². The van der Waals surface area contributed by atoms with Crippen molar-refractivity contribution in [2.24, 2.45) is 0 Å². The molecule has 0 fully saturated rings. The largest absolute Gasteiger partial charge is 0.294 e. The summed E-state index contributed by atoms with van der Waals surface area (Å²) in [5, 5.41) is 0. The Morgan fingerprint density at radius 3 is 2.25 bits per heavy atom. The summed E-state index contributed by atoms with van der Waals surface area (Å²) >= 11 is 0. The number of hydrogen-bond donors (Lipinski definition) is 1. The summed E-state index contributed by atoms with van der Waals surface area (Å²) in [6.45, 7) is 4.05. The van der Waals surface area contributed by atoms with Crippen LogP contribution in [0.25, 0.3) is 0 Å². The lowest BCUT2D eigenvalue weighted by molar-refractivity contribution is 0.481. The van der Waals surface area contributed by atoms with Crippen LogP contribution in [-0.2, 0) is 23.0 Å². The molecule has 3 nitrogen and oxygen atoms in total. The van der Waals surface area contributed by atoms with E-state index in [2.05, 4.69) is 6.92 Å². The van der Waals surface area contributed by atoms with Crippen molar-refractivity contribution in [1.29, 1.82) is 0 Å². The number of benzene rings is 1. The van der Waals surface area contributed by atoms with Crippen molar-refractivity contribution in [3.05, 3.63) is 29.3 Å². The molecule has 1 aromatic rings. The SMILES string of the molecule is CCCc1cccc(S(=O)(=O)O)c1CCC. The van der Waals surface area contributed by atoms with Gasteiger partial charge in [0, 0.05) is 0 Å². The van der Waals surface area contributed by atoms with E-state index in [0.29, 0.717) is 6.42 Å². The molecular formula is C12H18O3S. The topological polar surface area (TPSA) is 54.4 Å². The molecule has 0 aliphatic carbocycles. The van der Waals surface area contributed by atoms with Crippen LogP contribution in [0.5, 0.6) is 0 Å². The molecule has 1 N–H and O–H groups in total. The highest BCUT2D eigenvalue weighted by Crippen LogP contribution is 2.22. The van der Waals surface area contributed by atoms with Gasteiger partial charge in [-0.05, 0) is 30.0 Å². The minimum Gasteiger partial charge on any atom is -0.282 e. The third kappa shape index (κ3) is 3.06. The van der Waals surface area contributed by atoms with Gasteiger partial charge in [-0.1, -0.05) is 38.8 Å². The van der Waals surface area contributed by atoms with Crippen LogP contribution in [0.1, 0.15) is 37.8 Å². The molecule has 0 heterocycles. The highest BCUT2D eigenvalue weighted by molar-refractivity contribution is 7.85. The molecule has 0 bridgehead atoms. The zero-order valence-corrected chi connectivity index (χ0v) is 10.5. The van der Waals surface area contributed by atoms with Gasteiger partial charge in [-0.3, -0.25) is 4.55 Å². The molecule has 0 saturated heterocycles. The van der Waals surface area contributed by atoms with Gasteiger partial charge in [0.2, 0.25) is 0 Å². The minimum atomic E-state index is -4.10. The molecule has 0 aliphatic rings. The Morgan fingerprint density at radius 1 is 1.12 bits per heavy atom. The Balaban J connectivity index is 3.32. The Bertz CT molecular complexity index is 449. The lowest BCUT2D eigenvalue weighted by Gasteiger charge is -2.11. The molecule has 0 radical (unpaired) electrons. The summed E-state index contributed by atoms with van der Waals surface area (Å²) in [5.41, 5.74) is 1.80. The summed E-state index contributed by atoms with van der Waals surface area (Å²) in [6, 6.07) is 5.09. The monoisotopic (exact) mass is 242 g/mol. The van der Waals surface area contributed by atoms with Crippen molar-refractivity contribution in [2.45, 2.75) is 44.4 Å². The highest BCUT2D eigenvalue weighted by Gasteiger charge is 2.16. The van der Waals surface area contributed by atoms with Crippen LogP contribution in [0.4, 0.5) is 0 Å². The van der Waals surface area contributed by atoms with E-state index < -0.39 is 10.1 Å². The van der Waals surface area contributed by atoms with Crippen LogP contribution in [-0.4, -0.2) is 13.0 Å². The molecule has 0 aromatic heterocycles. The van der Waals surface area contributed by atoms with Crippen LogP contribution in [0.2, 0.25) is 0 Å². The molecule has 1 aromatic carbocycles. The van der Waals surface area contributed by atoms with Crippen LogP contribution in [0, 0.1) is 0 Å². The second kappa shape index (κ2) is 5.46. The molecule has 0 saturated carbocycles. The zero-order chi connectivity index (χ0) is 12.2. The average Bonchev–Trinajstić information content (AvgIpc) is 2.19. The third-order valence-corrected chi connectivity index (χ3v) is 3.47. The Morgan fingerprint density at radius 2 is 1.75 bits per heavy atom. The normalized spacial score (nSPS) is 11.7. The molecule has 0 unspecified atom stereocenters. The fourth-order valence-corrected chi connectivity index (χ4v) is 2.69. The predicted molar refractivity (Wildman–Crippen MR) is 64.2 cm³/mol. The molecule has 0 atom stereocenters. The first kappa shape index (κ1) is 13.2. The summed E-state index contributed by atoms with van der Waals surface area (Å²) in [5.74, 6) is 0. The van der Waals surface area contributed by atoms with E-state index in [1.54, 1.807) is 6.07 Å². The summed E-state index contributed by atoms with van der Waals surface area (Å²) in [4.78, 5) is 0.0697. The van der Waals surface area contributed by atoms with Crippen LogP contribution in [0.3, 0.4) is 0 Å². The maximum absolute atomic E-state index is 11.2. The minimum absolute atomic E-state index is 0.0697. The maximum atomic E-state index is 11.2. The van der Waals surface area contributed by atoms with Crippen molar-refractivity contribution in [1.82, 2.24) is 0 Å². The molecule has 16 heavy (non-hydrogen) atoms. The third-order valence-electron chi connectivity index (χ3n) is 2.53. The van der Waals surface area contributed by atoms with E-state index in [9.17, 15) is 8.42 Å². The van der Waals surface area contributed by atoms with Gasteiger partial charge in [0.25, 0.3) is 10.1 Å². The second-order valence-electron chi connectivity index (χ2n) is 3.87. The molecule has 0 aliphatic heterocycles. The maximum Gasteiger partial charge on any atom is 0.294 e. The Kier molecular flexibility index (Phi) is 4.50.